The minimum Gasteiger partial charge on any atom is -0.465 e. The zero-order valence-corrected chi connectivity index (χ0v) is 9.07. The Morgan fingerprint density at radius 1 is 1.33 bits per heavy atom. The van der Waals surface area contributed by atoms with E-state index in [1.54, 1.807) is 24.3 Å². The smallest absolute Gasteiger partial charge is 0.337 e. The van der Waals surface area contributed by atoms with Crippen LogP contribution < -0.4 is 5.48 Å². The molecule has 0 radical (unpaired) electrons. The van der Waals surface area contributed by atoms with E-state index in [2.05, 4.69) is 10.2 Å². The summed E-state index contributed by atoms with van der Waals surface area (Å²) < 4.78 is 4.58. The summed E-state index contributed by atoms with van der Waals surface area (Å²) >= 11 is 0. The Hall–Kier alpha value is -1.39. The molecule has 0 aliphatic heterocycles. The van der Waals surface area contributed by atoms with Crippen molar-refractivity contribution in [3.8, 4) is 0 Å². The molecule has 0 saturated heterocycles. The van der Waals surface area contributed by atoms with Crippen molar-refractivity contribution in [3.63, 3.8) is 0 Å². The molecule has 4 nitrogen and oxygen atoms in total. The van der Waals surface area contributed by atoms with Gasteiger partial charge in [0, 0.05) is 0 Å². The topological polar surface area (TPSA) is 58.6 Å². The van der Waals surface area contributed by atoms with Gasteiger partial charge in [-0.1, -0.05) is 12.1 Å². The van der Waals surface area contributed by atoms with E-state index in [4.69, 9.17) is 5.21 Å². The van der Waals surface area contributed by atoms with E-state index >= 15 is 0 Å². The van der Waals surface area contributed by atoms with Crippen molar-refractivity contribution in [2.75, 3.05) is 7.11 Å². The third-order valence-electron chi connectivity index (χ3n) is 2.31. The standard InChI is InChI=1S/C11H15NO3/c1-11(2,12-14)9-6-4-8(5-7-9)10(13)15-3/h4-7,12,14H,1-3H3. The Labute approximate surface area is 88.8 Å². The molecule has 0 fully saturated rings. The van der Waals surface area contributed by atoms with E-state index in [1.165, 1.54) is 7.11 Å². The van der Waals surface area contributed by atoms with E-state index < -0.39 is 5.54 Å². The number of esters is 1. The average molecular weight is 209 g/mol. The van der Waals surface area contributed by atoms with Gasteiger partial charge in [-0.2, -0.15) is 5.48 Å². The Morgan fingerprint density at radius 2 is 1.87 bits per heavy atom. The lowest BCUT2D eigenvalue weighted by atomic mass is 9.94. The summed E-state index contributed by atoms with van der Waals surface area (Å²) in [6.07, 6.45) is 0. The Morgan fingerprint density at radius 3 is 2.27 bits per heavy atom. The first-order valence-corrected chi connectivity index (χ1v) is 4.61. The summed E-state index contributed by atoms with van der Waals surface area (Å²) in [5.41, 5.74) is 3.05. The van der Waals surface area contributed by atoms with Crippen LogP contribution in [0.15, 0.2) is 24.3 Å². The van der Waals surface area contributed by atoms with Crippen LogP contribution in [0.3, 0.4) is 0 Å². The fourth-order valence-electron chi connectivity index (χ4n) is 1.21. The third kappa shape index (κ3) is 2.55. The van der Waals surface area contributed by atoms with Crippen molar-refractivity contribution in [2.24, 2.45) is 0 Å². The zero-order chi connectivity index (χ0) is 11.5. The molecule has 1 rings (SSSR count). The molecule has 0 aliphatic carbocycles. The number of benzene rings is 1. The molecule has 0 heterocycles. The lowest BCUT2D eigenvalue weighted by Crippen LogP contribution is -2.33. The maximum Gasteiger partial charge on any atom is 0.337 e. The number of carbonyl (C=O) groups excluding carboxylic acids is 1. The molecule has 82 valence electrons. The van der Waals surface area contributed by atoms with Crippen LogP contribution in [0.4, 0.5) is 0 Å². The van der Waals surface area contributed by atoms with E-state index in [9.17, 15) is 4.79 Å². The van der Waals surface area contributed by atoms with E-state index in [-0.39, 0.29) is 5.97 Å². The maximum absolute atomic E-state index is 11.2. The third-order valence-corrected chi connectivity index (χ3v) is 2.31. The summed E-state index contributed by atoms with van der Waals surface area (Å²) in [6, 6.07) is 6.88. The summed E-state index contributed by atoms with van der Waals surface area (Å²) in [7, 11) is 1.34. The molecule has 0 atom stereocenters. The van der Waals surface area contributed by atoms with Gasteiger partial charge in [-0.25, -0.2) is 4.79 Å². The number of methoxy groups -OCH3 is 1. The fraction of sp³-hybridized carbons (Fsp3) is 0.364. The summed E-state index contributed by atoms with van der Waals surface area (Å²) in [5.74, 6) is -0.365. The Kier molecular flexibility index (Phi) is 3.44. The van der Waals surface area contributed by atoms with Gasteiger partial charge in [-0.15, -0.1) is 0 Å². The molecule has 1 aromatic rings. The number of rotatable bonds is 3. The molecule has 0 aliphatic rings. The van der Waals surface area contributed by atoms with Crippen LogP contribution in [-0.2, 0) is 10.3 Å². The normalized spacial score (nSPS) is 11.2. The molecule has 0 bridgehead atoms. The first-order valence-electron chi connectivity index (χ1n) is 4.61. The highest BCUT2D eigenvalue weighted by Crippen LogP contribution is 2.19. The van der Waals surface area contributed by atoms with Crippen LogP contribution in [0.25, 0.3) is 0 Å². The quantitative estimate of drug-likeness (QED) is 0.587. The zero-order valence-electron chi connectivity index (χ0n) is 9.07. The highest BCUT2D eigenvalue weighted by atomic mass is 16.5. The second-order valence-corrected chi connectivity index (χ2v) is 3.81. The molecule has 0 unspecified atom stereocenters. The SMILES string of the molecule is COC(=O)c1ccc(C(C)(C)NO)cc1. The van der Waals surface area contributed by atoms with Gasteiger partial charge in [-0.3, -0.25) is 0 Å². The molecule has 4 heteroatoms. The number of carbonyl (C=O) groups is 1. The van der Waals surface area contributed by atoms with Crippen LogP contribution >= 0.6 is 0 Å². The Balaban J connectivity index is 2.95. The summed E-state index contributed by atoms with van der Waals surface area (Å²) in [4.78, 5) is 11.2. The highest BCUT2D eigenvalue weighted by molar-refractivity contribution is 5.89. The van der Waals surface area contributed by atoms with Gasteiger partial charge in [0.2, 0.25) is 0 Å². The number of nitrogens with one attached hydrogen (secondary N) is 1. The van der Waals surface area contributed by atoms with Crippen molar-refractivity contribution in [1.82, 2.24) is 5.48 Å². The maximum atomic E-state index is 11.2. The second-order valence-electron chi connectivity index (χ2n) is 3.81. The minimum atomic E-state index is -0.533. The van der Waals surface area contributed by atoms with Gasteiger partial charge in [0.25, 0.3) is 0 Å². The first kappa shape index (κ1) is 11.7. The number of hydrogen-bond acceptors (Lipinski definition) is 4. The van der Waals surface area contributed by atoms with Gasteiger partial charge in [0.1, 0.15) is 0 Å². The van der Waals surface area contributed by atoms with E-state index in [1.807, 2.05) is 13.8 Å². The molecule has 0 saturated carbocycles. The lowest BCUT2D eigenvalue weighted by Gasteiger charge is -2.23. The van der Waals surface area contributed by atoms with E-state index in [0.717, 1.165) is 5.56 Å². The molecular weight excluding hydrogens is 194 g/mol. The minimum absolute atomic E-state index is 0.365. The van der Waals surface area contributed by atoms with Crippen molar-refractivity contribution in [2.45, 2.75) is 19.4 Å². The van der Waals surface area contributed by atoms with Gasteiger partial charge in [0.05, 0.1) is 18.2 Å². The fourth-order valence-corrected chi connectivity index (χ4v) is 1.21. The summed E-state index contributed by atoms with van der Waals surface area (Å²) in [5, 5.41) is 8.93. The average Bonchev–Trinajstić information content (AvgIpc) is 2.28. The molecule has 0 aromatic heterocycles. The number of hydroxylamine groups is 1. The predicted octanol–water partition coefficient (Wildman–Crippen LogP) is 1.69. The molecule has 1 aromatic carbocycles. The lowest BCUT2D eigenvalue weighted by molar-refractivity contribution is 0.0600. The largest absolute Gasteiger partial charge is 0.465 e. The monoisotopic (exact) mass is 209 g/mol. The Bertz CT molecular complexity index is 343. The van der Waals surface area contributed by atoms with Crippen molar-refractivity contribution in [3.05, 3.63) is 35.4 Å². The van der Waals surface area contributed by atoms with Crippen molar-refractivity contribution < 1.29 is 14.7 Å². The molecule has 0 amide bonds. The molecule has 0 spiro atoms. The van der Waals surface area contributed by atoms with Gasteiger partial charge in [0.15, 0.2) is 0 Å². The number of ether oxygens (including phenoxy) is 1. The van der Waals surface area contributed by atoms with Gasteiger partial charge >= 0.3 is 5.97 Å². The first-order chi connectivity index (χ1) is 7.01. The second kappa shape index (κ2) is 4.42. The van der Waals surface area contributed by atoms with Crippen LogP contribution in [0.2, 0.25) is 0 Å². The highest BCUT2D eigenvalue weighted by Gasteiger charge is 2.19. The summed E-state index contributed by atoms with van der Waals surface area (Å²) in [6.45, 7) is 3.67. The van der Waals surface area contributed by atoms with Crippen LogP contribution in [-0.4, -0.2) is 18.3 Å². The predicted molar refractivity (Wildman–Crippen MR) is 55.7 cm³/mol. The van der Waals surface area contributed by atoms with Gasteiger partial charge in [-0.05, 0) is 31.5 Å². The van der Waals surface area contributed by atoms with Crippen molar-refractivity contribution in [1.29, 1.82) is 0 Å². The molecule has 2 N–H and O–H groups in total. The van der Waals surface area contributed by atoms with E-state index in [0.29, 0.717) is 5.56 Å². The molecular formula is C11H15NO3. The van der Waals surface area contributed by atoms with Crippen LogP contribution in [0.5, 0.6) is 0 Å². The molecule has 15 heavy (non-hydrogen) atoms. The van der Waals surface area contributed by atoms with Gasteiger partial charge < -0.3 is 9.94 Å². The van der Waals surface area contributed by atoms with Crippen molar-refractivity contribution >= 4 is 5.97 Å². The van der Waals surface area contributed by atoms with Crippen LogP contribution in [0, 0.1) is 0 Å². The number of hydrogen-bond donors (Lipinski definition) is 2. The van der Waals surface area contributed by atoms with Crippen LogP contribution in [0.1, 0.15) is 29.8 Å².